The lowest BCUT2D eigenvalue weighted by Crippen LogP contribution is -2.43. The van der Waals surface area contributed by atoms with Gasteiger partial charge in [0.15, 0.2) is 5.72 Å². The molecule has 0 aliphatic carbocycles. The van der Waals surface area contributed by atoms with Gasteiger partial charge in [-0.05, 0) is 12.1 Å². The first-order valence-electron chi connectivity index (χ1n) is 8.65. The lowest BCUT2D eigenvalue weighted by molar-refractivity contribution is -0.123. The number of aliphatic hydroxyl groups is 2. The largest absolute Gasteiger partial charge is 0.394 e. The molecule has 3 rings (SSSR count). The molecule has 1 aromatic heterocycles. The van der Waals surface area contributed by atoms with E-state index in [2.05, 4.69) is 15.3 Å². The van der Waals surface area contributed by atoms with Crippen LogP contribution in [-0.4, -0.2) is 49.5 Å². The fourth-order valence-corrected chi connectivity index (χ4v) is 3.15. The first-order valence-corrected chi connectivity index (χ1v) is 8.65. The maximum absolute atomic E-state index is 12.6. The van der Waals surface area contributed by atoms with E-state index in [-0.39, 0.29) is 25.2 Å². The second-order valence-electron chi connectivity index (χ2n) is 6.37. The highest BCUT2D eigenvalue weighted by molar-refractivity contribution is 6.03. The number of nitrogens with zero attached hydrogens (tertiary/aromatic N) is 4. The van der Waals surface area contributed by atoms with E-state index in [1.807, 2.05) is 6.07 Å². The molecular weight excluding hydrogens is 366 g/mol. The van der Waals surface area contributed by atoms with Gasteiger partial charge in [-0.3, -0.25) is 14.7 Å². The Kier molecular flexibility index (Phi) is 5.79. The highest BCUT2D eigenvalue weighted by Crippen LogP contribution is 2.37. The molecule has 3 atom stereocenters. The van der Waals surface area contributed by atoms with Crippen molar-refractivity contribution in [2.24, 2.45) is 0 Å². The van der Waals surface area contributed by atoms with Crippen molar-refractivity contribution in [3.05, 3.63) is 52.7 Å². The summed E-state index contributed by atoms with van der Waals surface area (Å²) in [6.45, 7) is -0.434. The Bertz CT molecular complexity index is 941. The van der Waals surface area contributed by atoms with Gasteiger partial charge >= 0.3 is 5.69 Å². The van der Waals surface area contributed by atoms with E-state index in [1.165, 1.54) is 0 Å². The molecule has 3 N–H and O–H groups in total. The molecule has 0 unspecified atom stereocenters. The summed E-state index contributed by atoms with van der Waals surface area (Å²) in [5.41, 5.74) is -1.72. The Balaban J connectivity index is 1.87. The second kappa shape index (κ2) is 8.26. The molecule has 2 heterocycles. The number of hydrogen-bond acceptors (Lipinski definition) is 8. The zero-order valence-electron chi connectivity index (χ0n) is 14.9. The maximum atomic E-state index is 12.6. The molecule has 10 nitrogen and oxygen atoms in total. The Morgan fingerprint density at radius 3 is 2.79 bits per heavy atom. The molecule has 0 saturated carbocycles. The van der Waals surface area contributed by atoms with Crippen LogP contribution in [-0.2, 0) is 10.5 Å². The molecular formula is C18H19N5O5. The van der Waals surface area contributed by atoms with Crippen molar-refractivity contribution in [3.8, 4) is 6.07 Å². The molecule has 146 valence electrons. The number of rotatable bonds is 6. The Morgan fingerprint density at radius 1 is 1.43 bits per heavy atom. The number of benzene rings is 1. The zero-order chi connectivity index (χ0) is 20.1. The summed E-state index contributed by atoms with van der Waals surface area (Å²) >= 11 is 0. The normalized spacial score (nSPS) is 23.9. The lowest BCUT2D eigenvalue weighted by atomic mass is 10.0. The third-order valence-corrected chi connectivity index (χ3v) is 4.54. The lowest BCUT2D eigenvalue weighted by Gasteiger charge is -2.29. The molecule has 0 bridgehead atoms. The summed E-state index contributed by atoms with van der Waals surface area (Å²) in [6.07, 6.45) is -0.575. The van der Waals surface area contributed by atoms with Crippen molar-refractivity contribution < 1.29 is 19.7 Å². The standard InChI is InChI=1S/C18H19N5O5/c19-8-4-7-18(9-13(25)14(10-24)28-18)23-11-20-16(22-17(23)27)21-15(26)12-5-2-1-3-6-12/h1-3,5-6,11,13-14,24-25H,4,7,9-10H2,(H,21,22,26,27)/t13-,14+,18+/m0/s1. The molecule has 0 radical (unpaired) electrons. The number of nitriles is 1. The van der Waals surface area contributed by atoms with Crippen molar-refractivity contribution in [2.45, 2.75) is 37.2 Å². The van der Waals surface area contributed by atoms with Crippen molar-refractivity contribution in [1.82, 2.24) is 14.5 Å². The Hall–Kier alpha value is -3.13. The Labute approximate surface area is 160 Å². The summed E-state index contributed by atoms with van der Waals surface area (Å²) in [7, 11) is 0. The molecule has 2 aromatic rings. The van der Waals surface area contributed by atoms with Gasteiger partial charge in [-0.1, -0.05) is 18.2 Å². The molecule has 1 aliphatic rings. The zero-order valence-corrected chi connectivity index (χ0v) is 14.9. The number of nitrogens with one attached hydrogen (secondary N) is 1. The monoisotopic (exact) mass is 385 g/mol. The van der Waals surface area contributed by atoms with Gasteiger partial charge in [0.25, 0.3) is 5.91 Å². The number of ether oxygens (including phenoxy) is 1. The topological polar surface area (TPSA) is 150 Å². The van der Waals surface area contributed by atoms with Gasteiger partial charge in [0.2, 0.25) is 5.95 Å². The van der Waals surface area contributed by atoms with Gasteiger partial charge in [0.1, 0.15) is 12.4 Å². The third-order valence-electron chi connectivity index (χ3n) is 4.54. The minimum absolute atomic E-state index is 0.00110. The van der Waals surface area contributed by atoms with Crippen molar-refractivity contribution in [3.63, 3.8) is 0 Å². The van der Waals surface area contributed by atoms with Gasteiger partial charge in [0.05, 0.1) is 18.8 Å². The van der Waals surface area contributed by atoms with Crippen LogP contribution in [0.1, 0.15) is 29.6 Å². The first-order chi connectivity index (χ1) is 13.5. The first kappa shape index (κ1) is 19.6. The summed E-state index contributed by atoms with van der Waals surface area (Å²) < 4.78 is 6.80. The number of aliphatic hydroxyl groups excluding tert-OH is 2. The summed E-state index contributed by atoms with van der Waals surface area (Å²) in [5.74, 6) is -0.646. The molecule has 0 spiro atoms. The highest BCUT2D eigenvalue weighted by Gasteiger charge is 2.47. The SMILES string of the molecule is N#CCC[C@]1(n2cnc(NC(=O)c3ccccc3)nc2=O)C[C@H](O)[C@@H](CO)O1. The minimum atomic E-state index is -1.35. The number of amides is 1. The molecule has 1 aliphatic heterocycles. The van der Waals surface area contributed by atoms with Gasteiger partial charge < -0.3 is 14.9 Å². The Morgan fingerprint density at radius 2 is 2.18 bits per heavy atom. The van der Waals surface area contributed by atoms with Crippen LogP contribution in [0.25, 0.3) is 0 Å². The second-order valence-corrected chi connectivity index (χ2v) is 6.37. The maximum Gasteiger partial charge on any atom is 0.354 e. The number of aromatic nitrogens is 3. The number of hydrogen-bond donors (Lipinski definition) is 3. The molecule has 1 aromatic carbocycles. The minimum Gasteiger partial charge on any atom is -0.394 e. The van der Waals surface area contributed by atoms with Crippen LogP contribution < -0.4 is 11.0 Å². The van der Waals surface area contributed by atoms with Crippen LogP contribution in [0.5, 0.6) is 0 Å². The molecule has 10 heteroatoms. The van der Waals surface area contributed by atoms with E-state index >= 15 is 0 Å². The highest BCUT2D eigenvalue weighted by atomic mass is 16.6. The van der Waals surface area contributed by atoms with Gasteiger partial charge in [-0.15, -0.1) is 0 Å². The fraction of sp³-hybridized carbons (Fsp3) is 0.389. The summed E-state index contributed by atoms with van der Waals surface area (Å²) in [5, 5.41) is 30.8. The predicted molar refractivity (Wildman–Crippen MR) is 96.1 cm³/mol. The van der Waals surface area contributed by atoms with Crippen molar-refractivity contribution in [1.29, 1.82) is 5.26 Å². The number of carbonyl (C=O) groups excluding carboxylic acids is 1. The van der Waals surface area contributed by atoms with E-state index in [4.69, 9.17) is 10.00 Å². The van der Waals surface area contributed by atoms with E-state index < -0.39 is 36.1 Å². The van der Waals surface area contributed by atoms with Crippen LogP contribution in [0.4, 0.5) is 5.95 Å². The summed E-state index contributed by atoms with van der Waals surface area (Å²) in [4.78, 5) is 32.5. The average molecular weight is 385 g/mol. The van der Waals surface area contributed by atoms with E-state index in [0.717, 1.165) is 10.9 Å². The third kappa shape index (κ3) is 3.91. The predicted octanol–water partition coefficient (Wildman–Crippen LogP) is -0.0107. The molecule has 1 amide bonds. The smallest absolute Gasteiger partial charge is 0.354 e. The van der Waals surface area contributed by atoms with E-state index in [9.17, 15) is 19.8 Å². The summed E-state index contributed by atoms with van der Waals surface area (Å²) in [6, 6.07) is 10.4. The quantitative estimate of drug-likeness (QED) is 0.628. The van der Waals surface area contributed by atoms with Crippen LogP contribution in [0.15, 0.2) is 41.5 Å². The molecule has 1 saturated heterocycles. The van der Waals surface area contributed by atoms with Crippen LogP contribution in [0.2, 0.25) is 0 Å². The van der Waals surface area contributed by atoms with Crippen LogP contribution in [0, 0.1) is 11.3 Å². The van der Waals surface area contributed by atoms with E-state index in [0.29, 0.717) is 5.56 Å². The number of anilines is 1. The average Bonchev–Trinajstić information content (AvgIpc) is 3.03. The molecule has 1 fully saturated rings. The fourth-order valence-electron chi connectivity index (χ4n) is 3.15. The van der Waals surface area contributed by atoms with Crippen LogP contribution >= 0.6 is 0 Å². The molecule has 28 heavy (non-hydrogen) atoms. The number of carbonyl (C=O) groups is 1. The van der Waals surface area contributed by atoms with Crippen molar-refractivity contribution >= 4 is 11.9 Å². The van der Waals surface area contributed by atoms with E-state index in [1.54, 1.807) is 30.3 Å². The van der Waals surface area contributed by atoms with Crippen LogP contribution in [0.3, 0.4) is 0 Å². The van der Waals surface area contributed by atoms with Gasteiger partial charge in [-0.25, -0.2) is 9.78 Å². The van der Waals surface area contributed by atoms with Gasteiger partial charge in [0, 0.05) is 24.8 Å². The van der Waals surface area contributed by atoms with Crippen molar-refractivity contribution in [2.75, 3.05) is 11.9 Å². The van der Waals surface area contributed by atoms with Gasteiger partial charge in [-0.2, -0.15) is 10.2 Å².